The van der Waals surface area contributed by atoms with Crippen LogP contribution in [0.4, 0.5) is 0 Å². The van der Waals surface area contributed by atoms with Gasteiger partial charge >= 0.3 is 0 Å². The van der Waals surface area contributed by atoms with Crippen molar-refractivity contribution in [1.29, 1.82) is 0 Å². The van der Waals surface area contributed by atoms with Gasteiger partial charge in [-0.05, 0) is 29.8 Å². The van der Waals surface area contributed by atoms with Crippen LogP contribution in [0.1, 0.15) is 15.9 Å². The van der Waals surface area contributed by atoms with Crippen molar-refractivity contribution in [2.75, 3.05) is 0 Å². The number of thiol groups is 1. The Hall–Kier alpha value is -1.45. The van der Waals surface area contributed by atoms with E-state index >= 15 is 0 Å². The fourth-order valence-corrected chi connectivity index (χ4v) is 1.86. The first kappa shape index (κ1) is 13.0. The molecule has 0 atom stereocenters. The first-order chi connectivity index (χ1) is 8.65. The van der Waals surface area contributed by atoms with E-state index in [-0.39, 0.29) is 5.12 Å². The van der Waals surface area contributed by atoms with Gasteiger partial charge in [0.2, 0.25) is 5.12 Å². The molecule has 0 saturated carbocycles. The van der Waals surface area contributed by atoms with E-state index in [4.69, 9.17) is 16.3 Å². The number of hydrogen-bond acceptors (Lipinski definition) is 2. The third kappa shape index (κ3) is 3.52. The predicted octanol–water partition coefficient (Wildman–Crippen LogP) is 3.99. The summed E-state index contributed by atoms with van der Waals surface area (Å²) in [4.78, 5) is 11.1. The summed E-state index contributed by atoms with van der Waals surface area (Å²) < 4.78 is 5.59. The van der Waals surface area contributed by atoms with Crippen molar-refractivity contribution in [2.24, 2.45) is 0 Å². The Labute approximate surface area is 116 Å². The number of hydrogen-bond donors (Lipinski definition) is 1. The van der Waals surface area contributed by atoms with Crippen molar-refractivity contribution in [3.63, 3.8) is 0 Å². The fourth-order valence-electron chi connectivity index (χ4n) is 1.51. The minimum Gasteiger partial charge on any atom is -0.489 e. The zero-order chi connectivity index (χ0) is 13.0. The molecular weight excluding hydrogens is 268 g/mol. The highest BCUT2D eigenvalue weighted by Gasteiger charge is 2.02. The number of ether oxygens (including phenoxy) is 1. The highest BCUT2D eigenvalue weighted by molar-refractivity contribution is 7.97. The normalized spacial score (nSPS) is 10.1. The van der Waals surface area contributed by atoms with Crippen LogP contribution in [0.2, 0.25) is 5.02 Å². The summed E-state index contributed by atoms with van der Waals surface area (Å²) in [5.74, 6) is 0.634. The fraction of sp³-hybridized carbons (Fsp3) is 0.0714. The minimum absolute atomic E-state index is 0.275. The number of halogens is 1. The lowest BCUT2D eigenvalue weighted by Crippen LogP contribution is -1.96. The average Bonchev–Trinajstić information content (AvgIpc) is 2.37. The Morgan fingerprint density at radius 2 is 1.94 bits per heavy atom. The molecule has 0 spiro atoms. The molecule has 0 aromatic heterocycles. The molecular formula is C14H11ClO2S. The molecule has 0 N–H and O–H groups in total. The van der Waals surface area contributed by atoms with Crippen molar-refractivity contribution in [3.8, 4) is 5.75 Å². The molecule has 0 heterocycles. The highest BCUT2D eigenvalue weighted by atomic mass is 35.5. The molecule has 0 aliphatic carbocycles. The van der Waals surface area contributed by atoms with Crippen molar-refractivity contribution in [2.45, 2.75) is 6.61 Å². The van der Waals surface area contributed by atoms with E-state index in [9.17, 15) is 4.79 Å². The lowest BCUT2D eigenvalue weighted by Gasteiger charge is -2.07. The molecule has 0 bridgehead atoms. The van der Waals surface area contributed by atoms with Crippen molar-refractivity contribution >= 4 is 29.3 Å². The smallest absolute Gasteiger partial charge is 0.216 e. The molecule has 2 aromatic rings. The summed E-state index contributed by atoms with van der Waals surface area (Å²) in [6, 6.07) is 14.4. The van der Waals surface area contributed by atoms with Gasteiger partial charge in [-0.15, -0.1) is 12.6 Å². The zero-order valence-corrected chi connectivity index (χ0v) is 11.1. The van der Waals surface area contributed by atoms with Gasteiger partial charge in [-0.2, -0.15) is 0 Å². The van der Waals surface area contributed by atoms with E-state index < -0.39 is 0 Å². The molecule has 0 aliphatic rings. The van der Waals surface area contributed by atoms with Crippen LogP contribution >= 0.6 is 24.2 Å². The van der Waals surface area contributed by atoms with Crippen molar-refractivity contribution in [3.05, 3.63) is 64.7 Å². The second kappa shape index (κ2) is 5.94. The van der Waals surface area contributed by atoms with Crippen LogP contribution in [0.25, 0.3) is 0 Å². The van der Waals surface area contributed by atoms with Gasteiger partial charge in [0.25, 0.3) is 0 Å². The first-order valence-electron chi connectivity index (χ1n) is 5.36. The van der Waals surface area contributed by atoms with Crippen LogP contribution in [0.3, 0.4) is 0 Å². The van der Waals surface area contributed by atoms with Crippen LogP contribution < -0.4 is 4.74 Å². The lowest BCUT2D eigenvalue weighted by molar-refractivity contribution is 0.109. The standard InChI is InChI=1S/C14H11ClO2S/c15-12-5-1-3-10(7-12)9-17-13-6-2-4-11(8-13)14(16)18/h1-8H,9H2,(H,16,18). The maximum Gasteiger partial charge on any atom is 0.216 e. The summed E-state index contributed by atoms with van der Waals surface area (Å²) >= 11 is 9.66. The van der Waals surface area contributed by atoms with E-state index in [0.29, 0.717) is 22.9 Å². The van der Waals surface area contributed by atoms with E-state index in [0.717, 1.165) is 5.56 Å². The molecule has 0 radical (unpaired) electrons. The molecule has 92 valence electrons. The summed E-state index contributed by atoms with van der Waals surface area (Å²) in [6.07, 6.45) is 0. The SMILES string of the molecule is O=C(S)c1cccc(OCc2cccc(Cl)c2)c1. The van der Waals surface area contributed by atoms with Gasteiger partial charge in [0.15, 0.2) is 0 Å². The number of benzene rings is 2. The van der Waals surface area contributed by atoms with E-state index in [2.05, 4.69) is 12.6 Å². The summed E-state index contributed by atoms with van der Waals surface area (Å²) in [5, 5.41) is 0.401. The molecule has 0 aliphatic heterocycles. The predicted molar refractivity (Wildman–Crippen MR) is 75.5 cm³/mol. The largest absolute Gasteiger partial charge is 0.489 e. The van der Waals surface area contributed by atoms with E-state index in [1.165, 1.54) is 0 Å². The molecule has 0 fully saturated rings. The topological polar surface area (TPSA) is 26.3 Å². The van der Waals surface area contributed by atoms with E-state index in [1.54, 1.807) is 24.3 Å². The average molecular weight is 279 g/mol. The quantitative estimate of drug-likeness (QED) is 0.856. The minimum atomic E-state index is -0.275. The molecule has 2 rings (SSSR count). The van der Waals surface area contributed by atoms with Gasteiger partial charge < -0.3 is 4.74 Å². The Morgan fingerprint density at radius 1 is 1.17 bits per heavy atom. The van der Waals surface area contributed by atoms with Gasteiger partial charge in [0, 0.05) is 10.6 Å². The highest BCUT2D eigenvalue weighted by Crippen LogP contribution is 2.17. The third-order valence-electron chi connectivity index (χ3n) is 2.38. The van der Waals surface area contributed by atoms with Crippen molar-refractivity contribution < 1.29 is 9.53 Å². The van der Waals surface area contributed by atoms with Gasteiger partial charge in [-0.3, -0.25) is 4.79 Å². The monoisotopic (exact) mass is 278 g/mol. The second-order valence-corrected chi connectivity index (χ2v) is 4.59. The molecule has 4 heteroatoms. The summed E-state index contributed by atoms with van der Waals surface area (Å²) in [5.41, 5.74) is 1.49. The Balaban J connectivity index is 2.06. The maximum atomic E-state index is 11.1. The molecule has 2 nitrogen and oxygen atoms in total. The Bertz CT molecular complexity index is 569. The molecule has 0 saturated heterocycles. The van der Waals surface area contributed by atoms with E-state index in [1.807, 2.05) is 24.3 Å². The van der Waals surface area contributed by atoms with Gasteiger partial charge in [-0.25, -0.2) is 0 Å². The lowest BCUT2D eigenvalue weighted by atomic mass is 10.2. The maximum absolute atomic E-state index is 11.1. The first-order valence-corrected chi connectivity index (χ1v) is 6.18. The van der Waals surface area contributed by atoms with Gasteiger partial charge in [-0.1, -0.05) is 35.9 Å². The van der Waals surface area contributed by atoms with Crippen molar-refractivity contribution in [1.82, 2.24) is 0 Å². The van der Waals surface area contributed by atoms with Crippen LogP contribution in [0, 0.1) is 0 Å². The summed E-state index contributed by atoms with van der Waals surface area (Å²) in [6.45, 7) is 0.408. The van der Waals surface area contributed by atoms with Gasteiger partial charge in [0.05, 0.1) is 0 Å². The Morgan fingerprint density at radius 3 is 2.67 bits per heavy atom. The number of carbonyl (C=O) groups excluding carboxylic acids is 1. The number of rotatable bonds is 4. The molecule has 2 aromatic carbocycles. The van der Waals surface area contributed by atoms with Crippen LogP contribution in [-0.4, -0.2) is 5.12 Å². The zero-order valence-electron chi connectivity index (χ0n) is 9.47. The Kier molecular flexibility index (Phi) is 4.28. The van der Waals surface area contributed by atoms with Gasteiger partial charge in [0.1, 0.15) is 12.4 Å². The molecule has 18 heavy (non-hydrogen) atoms. The molecule has 0 amide bonds. The van der Waals surface area contributed by atoms with Crippen LogP contribution in [0.5, 0.6) is 5.75 Å². The molecule has 0 unspecified atom stereocenters. The number of carbonyl (C=O) groups is 1. The second-order valence-electron chi connectivity index (χ2n) is 3.75. The third-order valence-corrected chi connectivity index (χ3v) is 2.87. The van der Waals surface area contributed by atoms with Crippen LogP contribution in [-0.2, 0) is 6.61 Å². The van der Waals surface area contributed by atoms with Crippen LogP contribution in [0.15, 0.2) is 48.5 Å². The summed E-state index contributed by atoms with van der Waals surface area (Å²) in [7, 11) is 0.